The van der Waals surface area contributed by atoms with Crippen molar-refractivity contribution in [2.45, 2.75) is 4.90 Å². The standard InChI is InChI=1S/C28H21N3O5S/c32-27(21-10-4-1-5-11-21)25-28(37(35,36)24-14-8-3-9-15-24)26(20-16-18-23(19-17-20)31(33)34)30(29-25)22-12-6-2-7-13-22/h1-19,29,32H/p-1. The fourth-order valence-corrected chi connectivity index (χ4v) is 5.70. The third-order valence-electron chi connectivity index (χ3n) is 5.84. The Morgan fingerprint density at radius 3 is 1.86 bits per heavy atom. The van der Waals surface area contributed by atoms with Crippen molar-refractivity contribution >= 4 is 32.7 Å². The summed E-state index contributed by atoms with van der Waals surface area (Å²) in [5.41, 5.74) is 4.22. The molecule has 0 atom stereocenters. The van der Waals surface area contributed by atoms with Crippen molar-refractivity contribution in [2.75, 3.05) is 5.01 Å². The number of nitro groups is 1. The first-order valence-corrected chi connectivity index (χ1v) is 12.7. The minimum absolute atomic E-state index is 0.0134. The molecule has 4 aromatic rings. The van der Waals surface area contributed by atoms with E-state index in [1.165, 1.54) is 41.4 Å². The summed E-state index contributed by atoms with van der Waals surface area (Å²) in [7, 11) is -4.22. The number of nitrogens with zero attached hydrogens (tertiary/aromatic N) is 2. The van der Waals surface area contributed by atoms with Gasteiger partial charge in [0.2, 0.25) is 9.84 Å². The van der Waals surface area contributed by atoms with Crippen LogP contribution in [0.2, 0.25) is 0 Å². The lowest BCUT2D eigenvalue weighted by molar-refractivity contribution is -0.384. The molecule has 0 bridgehead atoms. The highest BCUT2D eigenvalue weighted by Gasteiger charge is 2.38. The lowest BCUT2D eigenvalue weighted by atomic mass is 10.1. The second-order valence-corrected chi connectivity index (χ2v) is 10.0. The molecule has 0 unspecified atom stereocenters. The summed E-state index contributed by atoms with van der Waals surface area (Å²) in [6.07, 6.45) is 0. The first kappa shape index (κ1) is 23.8. The molecule has 8 nitrogen and oxygen atoms in total. The van der Waals surface area contributed by atoms with Crippen LogP contribution in [0, 0.1) is 10.1 Å². The Labute approximate surface area is 213 Å². The molecule has 0 radical (unpaired) electrons. The maximum Gasteiger partial charge on any atom is 0.269 e. The van der Waals surface area contributed by atoms with Gasteiger partial charge in [-0.3, -0.25) is 20.5 Å². The first-order valence-electron chi connectivity index (χ1n) is 11.3. The van der Waals surface area contributed by atoms with Gasteiger partial charge in [0.05, 0.1) is 26.9 Å². The minimum Gasteiger partial charge on any atom is -0.871 e. The largest absolute Gasteiger partial charge is 0.871 e. The summed E-state index contributed by atoms with van der Waals surface area (Å²) >= 11 is 0. The van der Waals surface area contributed by atoms with Crippen LogP contribution in [0.4, 0.5) is 11.4 Å². The highest BCUT2D eigenvalue weighted by atomic mass is 32.2. The number of benzene rings is 4. The van der Waals surface area contributed by atoms with E-state index in [-0.39, 0.29) is 26.9 Å². The van der Waals surface area contributed by atoms with Crippen molar-refractivity contribution in [3.63, 3.8) is 0 Å². The van der Waals surface area contributed by atoms with Gasteiger partial charge in [0.15, 0.2) is 0 Å². The molecule has 37 heavy (non-hydrogen) atoms. The Morgan fingerprint density at radius 1 is 0.757 bits per heavy atom. The van der Waals surface area contributed by atoms with Crippen LogP contribution in [0.1, 0.15) is 11.1 Å². The van der Waals surface area contributed by atoms with E-state index in [4.69, 9.17) is 0 Å². The van der Waals surface area contributed by atoms with Gasteiger partial charge in [0.1, 0.15) is 4.91 Å². The molecule has 1 N–H and O–H groups in total. The zero-order valence-corrected chi connectivity index (χ0v) is 20.1. The highest BCUT2D eigenvalue weighted by molar-refractivity contribution is 7.95. The molecule has 0 spiro atoms. The maximum absolute atomic E-state index is 14.1. The number of hydrogen-bond donors (Lipinski definition) is 1. The van der Waals surface area contributed by atoms with Crippen molar-refractivity contribution in [3.05, 3.63) is 147 Å². The van der Waals surface area contributed by atoms with E-state index in [0.29, 0.717) is 16.8 Å². The monoisotopic (exact) mass is 510 g/mol. The van der Waals surface area contributed by atoms with Crippen molar-refractivity contribution in [3.8, 4) is 0 Å². The van der Waals surface area contributed by atoms with E-state index in [2.05, 4.69) is 5.43 Å². The number of sulfone groups is 1. The van der Waals surface area contributed by atoms with Gasteiger partial charge in [-0.15, -0.1) is 0 Å². The Balaban J connectivity index is 1.85. The fourth-order valence-electron chi connectivity index (χ4n) is 4.08. The fraction of sp³-hybridized carbons (Fsp3) is 0. The average molecular weight is 511 g/mol. The number of para-hydroxylation sites is 1. The van der Waals surface area contributed by atoms with Crippen molar-refractivity contribution in [1.29, 1.82) is 0 Å². The van der Waals surface area contributed by atoms with E-state index in [1.807, 2.05) is 6.07 Å². The van der Waals surface area contributed by atoms with Crippen LogP contribution in [0.3, 0.4) is 0 Å². The lowest BCUT2D eigenvalue weighted by Crippen LogP contribution is -2.31. The molecule has 5 rings (SSSR count). The van der Waals surface area contributed by atoms with Crippen LogP contribution >= 0.6 is 0 Å². The third kappa shape index (κ3) is 4.43. The van der Waals surface area contributed by atoms with E-state index >= 15 is 0 Å². The quantitative estimate of drug-likeness (QED) is 0.231. The van der Waals surface area contributed by atoms with Gasteiger partial charge in [0, 0.05) is 17.7 Å². The maximum atomic E-state index is 14.1. The molecule has 4 aromatic carbocycles. The second-order valence-electron chi connectivity index (χ2n) is 8.15. The number of hydrogen-bond acceptors (Lipinski definition) is 7. The van der Waals surface area contributed by atoms with Crippen LogP contribution in [0.25, 0.3) is 11.5 Å². The van der Waals surface area contributed by atoms with Crippen LogP contribution in [-0.4, -0.2) is 13.3 Å². The Bertz CT molecular complexity index is 1620. The summed E-state index contributed by atoms with van der Waals surface area (Å²) in [5, 5.41) is 26.5. The van der Waals surface area contributed by atoms with Crippen LogP contribution in [-0.2, 0) is 9.84 Å². The number of nitrogens with one attached hydrogen (secondary N) is 1. The van der Waals surface area contributed by atoms with Gasteiger partial charge in [0.25, 0.3) is 5.69 Å². The lowest BCUT2D eigenvalue weighted by Gasteiger charge is -2.24. The minimum atomic E-state index is -4.22. The zero-order valence-electron chi connectivity index (χ0n) is 19.3. The Hall–Kier alpha value is -4.89. The molecule has 1 aliphatic rings. The highest BCUT2D eigenvalue weighted by Crippen LogP contribution is 2.42. The molecule has 0 aromatic heterocycles. The molecular weight excluding hydrogens is 490 g/mol. The van der Waals surface area contributed by atoms with Crippen molar-refractivity contribution < 1.29 is 18.4 Å². The zero-order chi connectivity index (χ0) is 26.0. The van der Waals surface area contributed by atoms with Gasteiger partial charge in [-0.25, -0.2) is 8.42 Å². The molecule has 0 fully saturated rings. The summed E-state index contributed by atoms with van der Waals surface area (Å²) in [5.74, 6) is -0.507. The molecule has 1 aliphatic heterocycles. The van der Waals surface area contributed by atoms with Gasteiger partial charge < -0.3 is 5.11 Å². The van der Waals surface area contributed by atoms with Crippen LogP contribution < -0.4 is 15.5 Å². The summed E-state index contributed by atoms with van der Waals surface area (Å²) in [4.78, 5) is 10.5. The first-order chi connectivity index (χ1) is 17.9. The molecule has 1 heterocycles. The molecule has 0 saturated heterocycles. The number of anilines is 1. The topological polar surface area (TPSA) is 116 Å². The van der Waals surface area contributed by atoms with Crippen molar-refractivity contribution in [1.82, 2.24) is 5.43 Å². The number of nitro benzene ring substituents is 1. The molecule has 0 amide bonds. The SMILES string of the molecule is O=[N+]([O-])c1ccc(C2=C(S(=O)(=O)c3ccccc3)C(=C([O-])c3ccccc3)NN2c2ccccc2)cc1. The second kappa shape index (κ2) is 9.63. The molecule has 184 valence electrons. The van der Waals surface area contributed by atoms with Crippen molar-refractivity contribution in [2.24, 2.45) is 0 Å². The third-order valence-corrected chi connectivity index (χ3v) is 7.67. The summed E-state index contributed by atoms with van der Waals surface area (Å²) < 4.78 is 28.2. The summed E-state index contributed by atoms with van der Waals surface area (Å²) in [6.45, 7) is 0. The van der Waals surface area contributed by atoms with E-state index in [9.17, 15) is 23.6 Å². The van der Waals surface area contributed by atoms with E-state index < -0.39 is 20.5 Å². The van der Waals surface area contributed by atoms with E-state index in [1.54, 1.807) is 72.8 Å². The number of non-ortho nitro benzene ring substituents is 1. The molecular formula is C28H20N3O5S-. The summed E-state index contributed by atoms with van der Waals surface area (Å²) in [6, 6.07) is 30.7. The molecule has 0 aliphatic carbocycles. The predicted octanol–water partition coefficient (Wildman–Crippen LogP) is 4.49. The normalized spacial score (nSPS) is 14.9. The molecule has 0 saturated carbocycles. The molecule has 9 heteroatoms. The van der Waals surface area contributed by atoms with Gasteiger partial charge >= 0.3 is 0 Å². The smallest absolute Gasteiger partial charge is 0.269 e. The van der Waals surface area contributed by atoms with E-state index in [0.717, 1.165) is 0 Å². The Kier molecular flexibility index (Phi) is 6.21. The number of rotatable bonds is 6. The van der Waals surface area contributed by atoms with Gasteiger partial charge in [-0.2, -0.15) is 0 Å². The average Bonchev–Trinajstić information content (AvgIpc) is 3.36. The number of hydrazine groups is 1. The van der Waals surface area contributed by atoms with Gasteiger partial charge in [-0.1, -0.05) is 72.5 Å². The van der Waals surface area contributed by atoms with Crippen LogP contribution in [0.15, 0.2) is 131 Å². The Morgan fingerprint density at radius 2 is 1.30 bits per heavy atom. The predicted molar refractivity (Wildman–Crippen MR) is 139 cm³/mol. The van der Waals surface area contributed by atoms with Crippen LogP contribution in [0.5, 0.6) is 0 Å². The van der Waals surface area contributed by atoms with Gasteiger partial charge in [-0.05, 0) is 42.0 Å².